The van der Waals surface area contributed by atoms with Crippen molar-refractivity contribution in [2.24, 2.45) is 17.8 Å². The van der Waals surface area contributed by atoms with Crippen molar-refractivity contribution in [1.29, 1.82) is 0 Å². The number of aromatic nitrogens is 4. The van der Waals surface area contributed by atoms with E-state index in [-0.39, 0.29) is 12.3 Å². The summed E-state index contributed by atoms with van der Waals surface area (Å²) in [7, 11) is 0. The van der Waals surface area contributed by atoms with Crippen LogP contribution in [0.25, 0.3) is 0 Å². The highest BCUT2D eigenvalue weighted by atomic mass is 16.4. The normalized spacial score (nSPS) is 24.5. The molecule has 5 rings (SSSR count). The van der Waals surface area contributed by atoms with Crippen molar-refractivity contribution in [3.63, 3.8) is 0 Å². The molecule has 172 valence electrons. The van der Waals surface area contributed by atoms with E-state index < -0.39 is 5.97 Å². The number of nitrogens with one attached hydrogen (secondary N) is 2. The summed E-state index contributed by atoms with van der Waals surface area (Å²) < 4.78 is 0. The fraction of sp³-hybridized carbons (Fsp3) is 0.667. The Bertz CT molecular complexity index is 950. The lowest BCUT2D eigenvalue weighted by Crippen LogP contribution is -2.44. The van der Waals surface area contributed by atoms with Gasteiger partial charge in [0.1, 0.15) is 11.6 Å². The van der Waals surface area contributed by atoms with Crippen LogP contribution < -0.4 is 10.2 Å². The van der Waals surface area contributed by atoms with Crippen LogP contribution in [0.4, 0.5) is 17.6 Å². The molecule has 2 aliphatic carbocycles. The molecule has 2 aromatic rings. The average molecular weight is 439 g/mol. The quantitative estimate of drug-likeness (QED) is 0.579. The number of aryl methyl sites for hydroxylation is 1. The summed E-state index contributed by atoms with van der Waals surface area (Å²) in [4.78, 5) is 23.3. The molecule has 3 aliphatic rings. The maximum absolute atomic E-state index is 11.5. The van der Waals surface area contributed by atoms with Gasteiger partial charge in [0.25, 0.3) is 0 Å². The number of hydrogen-bond donors (Lipinski definition) is 3. The predicted molar refractivity (Wildman–Crippen MR) is 123 cm³/mol. The van der Waals surface area contributed by atoms with Crippen LogP contribution in [-0.4, -0.2) is 44.3 Å². The Hall–Kier alpha value is -2.64. The summed E-state index contributed by atoms with van der Waals surface area (Å²) in [6.45, 7) is 3.60. The minimum Gasteiger partial charge on any atom is -0.481 e. The molecule has 32 heavy (non-hydrogen) atoms. The van der Waals surface area contributed by atoms with Crippen molar-refractivity contribution in [2.75, 3.05) is 23.3 Å². The molecule has 8 heteroatoms. The van der Waals surface area contributed by atoms with E-state index in [4.69, 9.17) is 9.97 Å². The molecule has 2 aromatic heterocycles. The standard InChI is InChI=1S/C24H34N6O2/c1-15-9-21(26-22-12-20(28-29-22)18-7-8-18)27-24(25-15)30-13-16(11-23(31)32)10-19(14-30)17-5-3-2-4-6-17/h9,12,16-19H,2-8,10-11,13-14H2,1H3,(H,31,32)(H2,25,26,27,28,29)/t16-,19-/m0/s1. The van der Waals surface area contributed by atoms with E-state index in [0.717, 1.165) is 36.0 Å². The van der Waals surface area contributed by atoms with E-state index in [1.54, 1.807) is 0 Å². The van der Waals surface area contributed by atoms with Crippen LogP contribution in [0.5, 0.6) is 0 Å². The highest BCUT2D eigenvalue weighted by molar-refractivity contribution is 5.67. The lowest BCUT2D eigenvalue weighted by atomic mass is 9.73. The van der Waals surface area contributed by atoms with Gasteiger partial charge in [-0.3, -0.25) is 9.89 Å². The maximum atomic E-state index is 11.5. The van der Waals surface area contributed by atoms with Gasteiger partial charge in [0.15, 0.2) is 0 Å². The zero-order valence-electron chi connectivity index (χ0n) is 18.9. The smallest absolute Gasteiger partial charge is 0.303 e. The monoisotopic (exact) mass is 438 g/mol. The van der Waals surface area contributed by atoms with Crippen molar-refractivity contribution < 1.29 is 9.90 Å². The third-order valence-electron chi connectivity index (χ3n) is 7.33. The molecule has 0 unspecified atom stereocenters. The van der Waals surface area contributed by atoms with Gasteiger partial charge in [-0.1, -0.05) is 32.1 Å². The van der Waals surface area contributed by atoms with Gasteiger partial charge in [-0.25, -0.2) is 4.98 Å². The number of aromatic amines is 1. The second-order valence-electron chi connectivity index (χ2n) is 10.1. The molecule has 0 radical (unpaired) electrons. The fourth-order valence-corrected chi connectivity index (χ4v) is 5.64. The predicted octanol–water partition coefficient (Wildman–Crippen LogP) is 4.63. The van der Waals surface area contributed by atoms with Gasteiger partial charge in [-0.15, -0.1) is 0 Å². The molecule has 3 fully saturated rings. The van der Waals surface area contributed by atoms with Gasteiger partial charge in [-0.05, 0) is 43.9 Å². The number of anilines is 3. The number of hydrogen-bond acceptors (Lipinski definition) is 6. The molecular weight excluding hydrogens is 404 g/mol. The zero-order chi connectivity index (χ0) is 22.1. The lowest BCUT2D eigenvalue weighted by molar-refractivity contribution is -0.138. The van der Waals surface area contributed by atoms with E-state index in [0.29, 0.717) is 30.2 Å². The molecule has 1 saturated heterocycles. The van der Waals surface area contributed by atoms with Gasteiger partial charge >= 0.3 is 5.97 Å². The summed E-state index contributed by atoms with van der Waals surface area (Å²) in [6.07, 6.45) is 10.1. The van der Waals surface area contributed by atoms with Gasteiger partial charge in [-0.2, -0.15) is 10.1 Å². The second-order valence-corrected chi connectivity index (χ2v) is 10.1. The number of piperidine rings is 1. The minimum atomic E-state index is -0.711. The van der Waals surface area contributed by atoms with E-state index in [9.17, 15) is 9.90 Å². The highest BCUT2D eigenvalue weighted by Crippen LogP contribution is 2.40. The molecule has 3 N–H and O–H groups in total. The lowest BCUT2D eigenvalue weighted by Gasteiger charge is -2.42. The Kier molecular flexibility index (Phi) is 6.02. The topological polar surface area (TPSA) is 107 Å². The molecule has 0 spiro atoms. The summed E-state index contributed by atoms with van der Waals surface area (Å²) >= 11 is 0. The van der Waals surface area contributed by atoms with E-state index >= 15 is 0 Å². The van der Waals surface area contributed by atoms with Crippen LogP contribution in [0.1, 0.15) is 75.1 Å². The summed E-state index contributed by atoms with van der Waals surface area (Å²) in [5.74, 6) is 3.52. The largest absolute Gasteiger partial charge is 0.481 e. The number of carboxylic acid groups (broad SMARTS) is 1. The summed E-state index contributed by atoms with van der Waals surface area (Å²) in [5, 5.41) is 20.3. The van der Waals surface area contributed by atoms with Crippen molar-refractivity contribution >= 4 is 23.6 Å². The molecule has 1 aliphatic heterocycles. The first kappa shape index (κ1) is 21.2. The molecular formula is C24H34N6O2. The van der Waals surface area contributed by atoms with Gasteiger partial charge in [0.2, 0.25) is 5.95 Å². The molecule has 0 amide bonds. The summed E-state index contributed by atoms with van der Waals surface area (Å²) in [5.41, 5.74) is 2.01. The molecule has 0 bridgehead atoms. The molecule has 8 nitrogen and oxygen atoms in total. The number of nitrogens with zero attached hydrogens (tertiary/aromatic N) is 4. The van der Waals surface area contributed by atoms with Crippen LogP contribution in [-0.2, 0) is 4.79 Å². The minimum absolute atomic E-state index is 0.141. The highest BCUT2D eigenvalue weighted by Gasteiger charge is 2.35. The Balaban J connectivity index is 1.35. The van der Waals surface area contributed by atoms with E-state index in [1.807, 2.05) is 13.0 Å². The first-order valence-corrected chi connectivity index (χ1v) is 12.2. The zero-order valence-corrected chi connectivity index (χ0v) is 18.9. The number of rotatable bonds is 7. The molecule has 3 heterocycles. The Morgan fingerprint density at radius 1 is 1.12 bits per heavy atom. The molecule has 2 saturated carbocycles. The Labute approximate surface area is 189 Å². The molecule has 0 aromatic carbocycles. The van der Waals surface area contributed by atoms with Gasteiger partial charge < -0.3 is 15.3 Å². The first-order valence-electron chi connectivity index (χ1n) is 12.2. The van der Waals surface area contributed by atoms with Crippen LogP contribution in [0, 0.1) is 24.7 Å². The summed E-state index contributed by atoms with van der Waals surface area (Å²) in [6, 6.07) is 4.01. The third kappa shape index (κ3) is 5.05. The van der Waals surface area contributed by atoms with Crippen LogP contribution in [0.3, 0.4) is 0 Å². The van der Waals surface area contributed by atoms with Crippen molar-refractivity contribution in [3.05, 3.63) is 23.5 Å². The second kappa shape index (κ2) is 9.08. The van der Waals surface area contributed by atoms with Gasteiger partial charge in [0.05, 0.1) is 5.69 Å². The van der Waals surface area contributed by atoms with Crippen molar-refractivity contribution in [2.45, 2.75) is 70.6 Å². The van der Waals surface area contributed by atoms with Crippen LogP contribution >= 0.6 is 0 Å². The number of aliphatic carboxylic acids is 1. The number of carboxylic acids is 1. The van der Waals surface area contributed by atoms with Crippen LogP contribution in [0.2, 0.25) is 0 Å². The Morgan fingerprint density at radius 3 is 2.69 bits per heavy atom. The molecule has 2 atom stereocenters. The fourth-order valence-electron chi connectivity index (χ4n) is 5.64. The van der Waals surface area contributed by atoms with Crippen LogP contribution in [0.15, 0.2) is 12.1 Å². The third-order valence-corrected chi connectivity index (χ3v) is 7.33. The van der Waals surface area contributed by atoms with E-state index in [2.05, 4.69) is 26.5 Å². The number of carbonyl (C=O) groups is 1. The Morgan fingerprint density at radius 2 is 1.94 bits per heavy atom. The van der Waals surface area contributed by atoms with E-state index in [1.165, 1.54) is 44.9 Å². The SMILES string of the molecule is Cc1cc(Nc2cc(C3CC3)n[nH]2)nc(N2C[C@H](CC(=O)O)C[C@H](C3CCCCC3)C2)n1. The number of H-pyrrole nitrogens is 1. The van der Waals surface area contributed by atoms with Gasteiger partial charge in [0, 0.05) is 43.3 Å². The first-order chi connectivity index (χ1) is 15.5. The maximum Gasteiger partial charge on any atom is 0.303 e. The average Bonchev–Trinajstić information content (AvgIpc) is 3.52. The van der Waals surface area contributed by atoms with Crippen molar-refractivity contribution in [3.8, 4) is 0 Å². The van der Waals surface area contributed by atoms with Crippen molar-refractivity contribution in [1.82, 2.24) is 20.2 Å².